The Kier molecular flexibility index (Phi) is 9.88. The van der Waals surface area contributed by atoms with Gasteiger partial charge in [-0.3, -0.25) is 4.99 Å². The number of guanidine groups is 1. The number of unbranched alkanes of at least 4 members (excludes halogenated alkanes) is 2. The van der Waals surface area contributed by atoms with E-state index in [1.165, 1.54) is 63.0 Å². The Balaban J connectivity index is 1.54. The predicted octanol–water partition coefficient (Wildman–Crippen LogP) is 3.50. The molecule has 0 bridgehead atoms. The van der Waals surface area contributed by atoms with E-state index in [0.29, 0.717) is 0 Å². The van der Waals surface area contributed by atoms with Crippen LogP contribution in [0.3, 0.4) is 0 Å². The summed E-state index contributed by atoms with van der Waals surface area (Å²) in [6.07, 6.45) is 9.08. The zero-order valence-electron chi connectivity index (χ0n) is 15.2. The van der Waals surface area contributed by atoms with Crippen molar-refractivity contribution in [2.75, 3.05) is 39.3 Å². The van der Waals surface area contributed by atoms with E-state index in [4.69, 9.17) is 4.99 Å². The summed E-state index contributed by atoms with van der Waals surface area (Å²) in [5, 5.41) is 8.92. The van der Waals surface area contributed by atoms with Gasteiger partial charge < -0.3 is 15.5 Å². The summed E-state index contributed by atoms with van der Waals surface area (Å²) in [7, 11) is 0. The van der Waals surface area contributed by atoms with E-state index in [-0.39, 0.29) is 0 Å². The molecule has 0 radical (unpaired) electrons. The number of thiophene rings is 1. The van der Waals surface area contributed by atoms with E-state index in [9.17, 15) is 0 Å². The van der Waals surface area contributed by atoms with Gasteiger partial charge in [0.25, 0.3) is 0 Å². The molecule has 2 heterocycles. The SMILES string of the molecule is CCNC(=NCCCCCN1CCCCC1)NCCc1cccs1. The van der Waals surface area contributed by atoms with E-state index < -0.39 is 0 Å². The van der Waals surface area contributed by atoms with Crippen LogP contribution < -0.4 is 10.6 Å². The molecule has 2 rings (SSSR count). The number of likely N-dealkylation sites (tertiary alicyclic amines) is 1. The summed E-state index contributed by atoms with van der Waals surface area (Å²) >= 11 is 1.82. The van der Waals surface area contributed by atoms with E-state index >= 15 is 0 Å². The minimum absolute atomic E-state index is 0.916. The van der Waals surface area contributed by atoms with Gasteiger partial charge in [-0.05, 0) is 70.1 Å². The van der Waals surface area contributed by atoms with Crippen molar-refractivity contribution in [1.82, 2.24) is 15.5 Å². The summed E-state index contributed by atoms with van der Waals surface area (Å²) in [6, 6.07) is 4.31. The number of hydrogen-bond acceptors (Lipinski definition) is 3. The van der Waals surface area contributed by atoms with Crippen LogP contribution in [-0.4, -0.2) is 50.1 Å². The van der Waals surface area contributed by atoms with Gasteiger partial charge in [0.05, 0.1) is 0 Å². The molecule has 1 saturated heterocycles. The van der Waals surface area contributed by atoms with Crippen LogP contribution in [0.2, 0.25) is 0 Å². The maximum atomic E-state index is 4.70. The predicted molar refractivity (Wildman–Crippen MR) is 106 cm³/mol. The topological polar surface area (TPSA) is 39.7 Å². The quantitative estimate of drug-likeness (QED) is 0.385. The van der Waals surface area contributed by atoms with Crippen LogP contribution >= 0.6 is 11.3 Å². The van der Waals surface area contributed by atoms with Gasteiger partial charge in [0.1, 0.15) is 0 Å². The maximum Gasteiger partial charge on any atom is 0.191 e. The third-order valence-corrected chi connectivity index (χ3v) is 5.38. The van der Waals surface area contributed by atoms with E-state index in [2.05, 4.69) is 40.0 Å². The Bertz CT molecular complexity index is 438. The van der Waals surface area contributed by atoms with Gasteiger partial charge in [-0.2, -0.15) is 0 Å². The first-order chi connectivity index (χ1) is 11.9. The Morgan fingerprint density at radius 1 is 1.17 bits per heavy atom. The molecule has 24 heavy (non-hydrogen) atoms. The highest BCUT2D eigenvalue weighted by Crippen LogP contribution is 2.10. The number of rotatable bonds is 10. The molecule has 0 amide bonds. The second kappa shape index (κ2) is 12.3. The summed E-state index contributed by atoms with van der Waals surface area (Å²) in [4.78, 5) is 8.76. The molecule has 1 aromatic heterocycles. The van der Waals surface area contributed by atoms with Crippen molar-refractivity contribution in [1.29, 1.82) is 0 Å². The van der Waals surface area contributed by atoms with Gasteiger partial charge in [-0.1, -0.05) is 18.9 Å². The average molecular weight is 351 g/mol. The molecule has 2 N–H and O–H groups in total. The van der Waals surface area contributed by atoms with Crippen molar-refractivity contribution in [2.24, 2.45) is 4.99 Å². The van der Waals surface area contributed by atoms with Crippen molar-refractivity contribution in [3.05, 3.63) is 22.4 Å². The molecule has 0 spiro atoms. The molecular formula is C19H34N4S. The fourth-order valence-corrected chi connectivity index (χ4v) is 3.81. The third kappa shape index (κ3) is 8.15. The molecule has 4 nitrogen and oxygen atoms in total. The van der Waals surface area contributed by atoms with Gasteiger partial charge in [0.15, 0.2) is 5.96 Å². The minimum atomic E-state index is 0.916. The van der Waals surface area contributed by atoms with Crippen molar-refractivity contribution in [3.63, 3.8) is 0 Å². The van der Waals surface area contributed by atoms with Gasteiger partial charge in [-0.15, -0.1) is 11.3 Å². The Labute approximate surface area is 151 Å². The molecule has 0 atom stereocenters. The van der Waals surface area contributed by atoms with E-state index in [1.807, 2.05) is 11.3 Å². The standard InChI is InChI=1S/C19H34N4S/c1-2-20-19(22-13-11-18-10-9-17-24-18)21-12-5-3-6-14-23-15-7-4-8-16-23/h9-10,17H,2-8,11-16H2,1H3,(H2,20,21,22). The van der Waals surface area contributed by atoms with E-state index in [1.54, 1.807) is 0 Å². The molecule has 0 aromatic carbocycles. The normalized spacial score (nSPS) is 16.3. The average Bonchev–Trinajstić information content (AvgIpc) is 3.12. The summed E-state index contributed by atoms with van der Waals surface area (Å²) in [6.45, 7) is 8.82. The van der Waals surface area contributed by atoms with Crippen LogP contribution in [-0.2, 0) is 6.42 Å². The van der Waals surface area contributed by atoms with Crippen LogP contribution in [0.4, 0.5) is 0 Å². The lowest BCUT2D eigenvalue weighted by atomic mass is 10.1. The van der Waals surface area contributed by atoms with E-state index in [0.717, 1.165) is 32.0 Å². The molecule has 1 fully saturated rings. The van der Waals surface area contributed by atoms with Gasteiger partial charge >= 0.3 is 0 Å². The Morgan fingerprint density at radius 3 is 2.79 bits per heavy atom. The van der Waals surface area contributed by atoms with Crippen molar-refractivity contribution >= 4 is 17.3 Å². The molecule has 1 aliphatic heterocycles. The first-order valence-electron chi connectivity index (χ1n) is 9.65. The van der Waals surface area contributed by atoms with Crippen LogP contribution in [0.1, 0.15) is 50.3 Å². The van der Waals surface area contributed by atoms with Crippen LogP contribution in [0.5, 0.6) is 0 Å². The first-order valence-corrected chi connectivity index (χ1v) is 10.5. The Hall–Kier alpha value is -1.07. The largest absolute Gasteiger partial charge is 0.357 e. The summed E-state index contributed by atoms with van der Waals surface area (Å²) in [5.41, 5.74) is 0. The highest BCUT2D eigenvalue weighted by Gasteiger charge is 2.08. The molecule has 1 aromatic rings. The van der Waals surface area contributed by atoms with Gasteiger partial charge in [-0.25, -0.2) is 0 Å². The van der Waals surface area contributed by atoms with Crippen molar-refractivity contribution in [2.45, 2.75) is 51.9 Å². The molecule has 0 saturated carbocycles. The molecule has 136 valence electrons. The first kappa shape index (κ1) is 19.3. The molecular weight excluding hydrogens is 316 g/mol. The van der Waals surface area contributed by atoms with Gasteiger partial charge in [0.2, 0.25) is 0 Å². The van der Waals surface area contributed by atoms with Crippen molar-refractivity contribution < 1.29 is 0 Å². The fraction of sp³-hybridized carbons (Fsp3) is 0.737. The lowest BCUT2D eigenvalue weighted by Gasteiger charge is -2.26. The molecule has 5 heteroatoms. The fourth-order valence-electron chi connectivity index (χ4n) is 3.10. The number of nitrogens with zero attached hydrogens (tertiary/aromatic N) is 2. The minimum Gasteiger partial charge on any atom is -0.357 e. The Morgan fingerprint density at radius 2 is 2.04 bits per heavy atom. The highest BCUT2D eigenvalue weighted by atomic mass is 32.1. The number of hydrogen-bond donors (Lipinski definition) is 2. The molecule has 0 aliphatic carbocycles. The molecule has 1 aliphatic rings. The van der Waals surface area contributed by atoms with Crippen LogP contribution in [0.25, 0.3) is 0 Å². The lowest BCUT2D eigenvalue weighted by molar-refractivity contribution is 0.224. The highest BCUT2D eigenvalue weighted by molar-refractivity contribution is 7.09. The number of nitrogens with one attached hydrogen (secondary N) is 2. The number of aliphatic imine (C=N–C) groups is 1. The second-order valence-corrected chi connectivity index (χ2v) is 7.51. The lowest BCUT2D eigenvalue weighted by Crippen LogP contribution is -2.38. The maximum absolute atomic E-state index is 4.70. The third-order valence-electron chi connectivity index (χ3n) is 4.44. The summed E-state index contributed by atoms with van der Waals surface area (Å²) in [5.74, 6) is 0.963. The monoisotopic (exact) mass is 350 g/mol. The molecule has 0 unspecified atom stereocenters. The second-order valence-electron chi connectivity index (χ2n) is 6.48. The number of piperidine rings is 1. The van der Waals surface area contributed by atoms with Crippen LogP contribution in [0.15, 0.2) is 22.5 Å². The smallest absolute Gasteiger partial charge is 0.191 e. The summed E-state index contributed by atoms with van der Waals surface area (Å²) < 4.78 is 0. The van der Waals surface area contributed by atoms with Crippen LogP contribution in [0, 0.1) is 0 Å². The van der Waals surface area contributed by atoms with Crippen molar-refractivity contribution in [3.8, 4) is 0 Å². The van der Waals surface area contributed by atoms with Gasteiger partial charge in [0, 0.05) is 24.5 Å². The zero-order chi connectivity index (χ0) is 16.9. The zero-order valence-corrected chi connectivity index (χ0v) is 16.0.